The molecule has 1 aromatic heterocycles. The third-order valence-electron chi connectivity index (χ3n) is 9.61. The normalized spacial score (nSPS) is 21.6. The number of fused-ring (bicyclic) bond motifs is 1. The van der Waals surface area contributed by atoms with Crippen LogP contribution >= 0.6 is 0 Å². The number of rotatable bonds is 9. The van der Waals surface area contributed by atoms with Crippen molar-refractivity contribution < 1.29 is 35.5 Å². The lowest BCUT2D eigenvalue weighted by molar-refractivity contribution is -0.143. The summed E-state index contributed by atoms with van der Waals surface area (Å²) in [5.41, 5.74) is 2.06. The standard InChI is InChI=1S/C33H39F4N5O4S/c34-22-46-31-18-26(47(38,43)44)10-11-29(31)39-14-2-3-25-17-27-28(4-1-5-30(27)42(25)19-33(35,36)37)40-23-6-8-24(9-7-23)41-15-12-32(13-16-41)20-45-21-32/h1,4-5,10-11,17-18,23-24,39-40H,6-9,12-16,19-22H2,(H2,38,43,44)/t23-,24+. The van der Waals surface area contributed by atoms with Crippen LogP contribution in [0.15, 0.2) is 47.4 Å². The Morgan fingerprint density at radius 1 is 1.04 bits per heavy atom. The number of alkyl halides is 4. The van der Waals surface area contributed by atoms with Crippen molar-refractivity contribution in [3.8, 4) is 17.6 Å². The lowest BCUT2D eigenvalue weighted by atomic mass is 9.76. The lowest BCUT2D eigenvalue weighted by Crippen LogP contribution is -2.53. The first-order valence-corrected chi connectivity index (χ1v) is 17.3. The second kappa shape index (κ2) is 13.5. The minimum Gasteiger partial charge on any atom is -0.461 e. The van der Waals surface area contributed by atoms with Crippen LogP contribution in [0.3, 0.4) is 0 Å². The van der Waals surface area contributed by atoms with Gasteiger partial charge in [0.2, 0.25) is 16.9 Å². The summed E-state index contributed by atoms with van der Waals surface area (Å²) in [6.07, 6.45) is 2.07. The molecule has 2 saturated heterocycles. The average molecular weight is 678 g/mol. The summed E-state index contributed by atoms with van der Waals surface area (Å²) in [6, 6.07) is 11.4. The van der Waals surface area contributed by atoms with E-state index >= 15 is 0 Å². The molecule has 1 saturated carbocycles. The van der Waals surface area contributed by atoms with Gasteiger partial charge in [-0.2, -0.15) is 13.2 Å². The van der Waals surface area contributed by atoms with Crippen molar-refractivity contribution in [3.05, 3.63) is 48.2 Å². The fourth-order valence-electron chi connectivity index (χ4n) is 6.99. The first-order valence-electron chi connectivity index (χ1n) is 15.8. The van der Waals surface area contributed by atoms with Crippen LogP contribution in [0.4, 0.5) is 28.9 Å². The number of anilines is 2. The number of nitrogens with one attached hydrogen (secondary N) is 2. The van der Waals surface area contributed by atoms with E-state index in [0.29, 0.717) is 22.4 Å². The molecule has 4 N–H and O–H groups in total. The van der Waals surface area contributed by atoms with Crippen LogP contribution in [-0.2, 0) is 21.3 Å². The number of sulfonamides is 1. The zero-order valence-electron chi connectivity index (χ0n) is 25.9. The molecule has 1 aliphatic carbocycles. The van der Waals surface area contributed by atoms with E-state index in [9.17, 15) is 26.0 Å². The van der Waals surface area contributed by atoms with Crippen LogP contribution in [-0.4, -0.2) is 75.9 Å². The maximum atomic E-state index is 13.7. The van der Waals surface area contributed by atoms with Crippen LogP contribution in [0.5, 0.6) is 5.75 Å². The molecule has 9 nitrogen and oxygen atoms in total. The minimum atomic E-state index is -4.47. The van der Waals surface area contributed by atoms with Crippen LogP contribution in [0, 0.1) is 17.3 Å². The average Bonchev–Trinajstić information content (AvgIpc) is 3.35. The summed E-state index contributed by atoms with van der Waals surface area (Å²) in [5.74, 6) is 5.58. The molecule has 3 fully saturated rings. The number of benzene rings is 2. The van der Waals surface area contributed by atoms with Gasteiger partial charge in [0.25, 0.3) is 0 Å². The number of ether oxygens (including phenoxy) is 2. The van der Waals surface area contributed by atoms with Crippen molar-refractivity contribution in [2.24, 2.45) is 10.6 Å². The molecule has 1 spiro atoms. The van der Waals surface area contributed by atoms with Gasteiger partial charge in [0.15, 0.2) is 0 Å². The van der Waals surface area contributed by atoms with Gasteiger partial charge in [-0.3, -0.25) is 0 Å². The highest BCUT2D eigenvalue weighted by Crippen LogP contribution is 2.40. The van der Waals surface area contributed by atoms with Crippen LogP contribution in [0.25, 0.3) is 10.9 Å². The van der Waals surface area contributed by atoms with E-state index in [1.54, 1.807) is 18.2 Å². The number of nitrogens with zero attached hydrogens (tertiary/aromatic N) is 2. The van der Waals surface area contributed by atoms with Crippen LogP contribution in [0.2, 0.25) is 0 Å². The molecular formula is C33H39F4N5O4S. The van der Waals surface area contributed by atoms with E-state index in [4.69, 9.17) is 14.6 Å². The van der Waals surface area contributed by atoms with E-state index in [1.807, 2.05) is 6.07 Å². The predicted molar refractivity (Wildman–Crippen MR) is 172 cm³/mol. The topological polar surface area (TPSA) is 111 Å². The van der Waals surface area contributed by atoms with Crippen molar-refractivity contribution in [3.63, 3.8) is 0 Å². The molecule has 0 bridgehead atoms. The quantitative estimate of drug-likeness (QED) is 0.204. The molecule has 3 heterocycles. The van der Waals surface area contributed by atoms with Gasteiger partial charge in [-0.1, -0.05) is 12.0 Å². The molecule has 0 amide bonds. The Bertz CT molecular complexity index is 1750. The van der Waals surface area contributed by atoms with Crippen molar-refractivity contribution in [2.75, 3.05) is 50.3 Å². The Labute approximate surface area is 271 Å². The van der Waals surface area contributed by atoms with E-state index in [2.05, 4.69) is 27.4 Å². The number of halogens is 4. The second-order valence-corrected chi connectivity index (χ2v) is 14.3. The molecule has 254 valence electrons. The first-order chi connectivity index (χ1) is 22.4. The number of piperidine rings is 1. The summed E-state index contributed by atoms with van der Waals surface area (Å²) >= 11 is 0. The molecule has 6 rings (SSSR count). The number of nitrogens with two attached hydrogens (primary N) is 1. The number of hydrogen-bond acceptors (Lipinski definition) is 7. The van der Waals surface area contributed by atoms with Crippen molar-refractivity contribution in [2.45, 2.75) is 68.2 Å². The number of aromatic nitrogens is 1. The molecule has 14 heteroatoms. The molecular weight excluding hydrogens is 638 g/mol. The van der Waals surface area contributed by atoms with E-state index < -0.39 is 29.6 Å². The molecule has 2 aliphatic heterocycles. The summed E-state index contributed by atoms with van der Waals surface area (Å²) in [5, 5.41) is 12.3. The van der Waals surface area contributed by atoms with Crippen molar-refractivity contribution in [1.29, 1.82) is 0 Å². The summed E-state index contributed by atoms with van der Waals surface area (Å²) < 4.78 is 88.8. The summed E-state index contributed by atoms with van der Waals surface area (Å²) in [6.45, 7) is 1.59. The van der Waals surface area contributed by atoms with Crippen LogP contribution in [0.1, 0.15) is 44.2 Å². The number of primary sulfonamides is 1. The highest BCUT2D eigenvalue weighted by Gasteiger charge is 2.42. The Morgan fingerprint density at radius 2 is 1.79 bits per heavy atom. The molecule has 0 atom stereocenters. The largest absolute Gasteiger partial charge is 0.461 e. The van der Waals surface area contributed by atoms with E-state index in [0.717, 1.165) is 63.7 Å². The summed E-state index contributed by atoms with van der Waals surface area (Å²) in [4.78, 5) is 2.37. The predicted octanol–water partition coefficient (Wildman–Crippen LogP) is 5.46. The van der Waals surface area contributed by atoms with Gasteiger partial charge < -0.3 is 29.6 Å². The minimum absolute atomic E-state index is 0.0367. The Kier molecular flexibility index (Phi) is 9.62. The van der Waals surface area contributed by atoms with Gasteiger partial charge >= 0.3 is 6.18 Å². The molecule has 0 radical (unpaired) electrons. The zero-order valence-corrected chi connectivity index (χ0v) is 26.7. The van der Waals surface area contributed by atoms with Gasteiger partial charge in [0.05, 0.1) is 41.6 Å². The highest BCUT2D eigenvalue weighted by molar-refractivity contribution is 7.89. The Hall–Kier alpha value is -3.51. The molecule has 3 aromatic rings. The highest BCUT2D eigenvalue weighted by atomic mass is 32.2. The van der Waals surface area contributed by atoms with Gasteiger partial charge in [-0.15, -0.1) is 0 Å². The van der Waals surface area contributed by atoms with Gasteiger partial charge in [-0.05, 0) is 87.9 Å². The Morgan fingerprint density at radius 3 is 2.43 bits per heavy atom. The van der Waals surface area contributed by atoms with Gasteiger partial charge in [0, 0.05) is 34.6 Å². The molecule has 2 aromatic carbocycles. The zero-order chi connectivity index (χ0) is 33.2. The Balaban J connectivity index is 1.15. The maximum absolute atomic E-state index is 13.7. The third-order valence-corrected chi connectivity index (χ3v) is 10.5. The summed E-state index contributed by atoms with van der Waals surface area (Å²) in [7, 11) is -4.04. The van der Waals surface area contributed by atoms with E-state index in [-0.39, 0.29) is 34.6 Å². The van der Waals surface area contributed by atoms with Crippen molar-refractivity contribution >= 4 is 32.3 Å². The van der Waals surface area contributed by atoms with Gasteiger partial charge in [0.1, 0.15) is 12.3 Å². The fraction of sp³-hybridized carbons (Fsp3) is 0.515. The SMILES string of the molecule is NS(=O)(=O)c1ccc(NCC#Cc2cc3c(N[C@H]4CC[C@@H](N5CCC6(CC5)COC6)CC4)cccc3n2CC(F)(F)F)c(OCF)c1. The van der Waals surface area contributed by atoms with Crippen molar-refractivity contribution in [1.82, 2.24) is 9.47 Å². The smallest absolute Gasteiger partial charge is 0.406 e. The first kappa shape index (κ1) is 33.4. The fourth-order valence-corrected chi connectivity index (χ4v) is 7.52. The third kappa shape index (κ3) is 7.80. The number of hydrogen-bond donors (Lipinski definition) is 3. The van der Waals surface area contributed by atoms with E-state index in [1.165, 1.54) is 29.5 Å². The monoisotopic (exact) mass is 677 g/mol. The lowest BCUT2D eigenvalue weighted by Gasteiger charge is -2.49. The molecule has 47 heavy (non-hydrogen) atoms. The molecule has 3 aliphatic rings. The number of likely N-dealkylation sites (tertiary alicyclic amines) is 1. The van der Waals surface area contributed by atoms with Crippen LogP contribution < -0.4 is 20.5 Å². The maximum Gasteiger partial charge on any atom is 0.406 e. The second-order valence-electron chi connectivity index (χ2n) is 12.8. The van der Waals surface area contributed by atoms with Gasteiger partial charge in [-0.25, -0.2) is 17.9 Å². The molecule has 0 unspecified atom stereocenters.